The molecule has 0 bridgehead atoms. The van der Waals surface area contributed by atoms with Gasteiger partial charge in [0.15, 0.2) is 5.78 Å². The van der Waals surface area contributed by atoms with Crippen LogP contribution in [0.3, 0.4) is 0 Å². The fourth-order valence-electron chi connectivity index (χ4n) is 1.80. The summed E-state index contributed by atoms with van der Waals surface area (Å²) >= 11 is 3.36. The van der Waals surface area contributed by atoms with Gasteiger partial charge in [-0.05, 0) is 34.1 Å². The van der Waals surface area contributed by atoms with E-state index in [9.17, 15) is 4.79 Å². The lowest BCUT2D eigenvalue weighted by molar-refractivity contribution is -0.0816. The van der Waals surface area contributed by atoms with Gasteiger partial charge in [-0.3, -0.25) is 4.79 Å². The SMILES string of the molecule is COc1ccc(C(=O)C2(CN)COC2)cc1Br. The summed E-state index contributed by atoms with van der Waals surface area (Å²) in [5.41, 5.74) is 5.76. The predicted molar refractivity (Wildman–Crippen MR) is 67.3 cm³/mol. The van der Waals surface area contributed by atoms with E-state index in [-0.39, 0.29) is 5.78 Å². The minimum atomic E-state index is -0.534. The molecule has 0 amide bonds. The molecule has 0 aromatic heterocycles. The Balaban J connectivity index is 2.28. The third-order valence-corrected chi connectivity index (χ3v) is 3.66. The summed E-state index contributed by atoms with van der Waals surface area (Å²) in [7, 11) is 1.59. The second-order valence-electron chi connectivity index (χ2n) is 4.16. The Hall–Kier alpha value is -0.910. The molecule has 5 heteroatoms. The Morgan fingerprint density at radius 1 is 1.59 bits per heavy atom. The summed E-state index contributed by atoms with van der Waals surface area (Å²) < 4.78 is 11.0. The summed E-state index contributed by atoms with van der Waals surface area (Å²) in [4.78, 5) is 12.3. The van der Waals surface area contributed by atoms with E-state index in [2.05, 4.69) is 15.9 Å². The van der Waals surface area contributed by atoms with Crippen molar-refractivity contribution in [3.05, 3.63) is 28.2 Å². The lowest BCUT2D eigenvalue weighted by Gasteiger charge is -2.38. The molecule has 1 saturated heterocycles. The van der Waals surface area contributed by atoms with Crippen LogP contribution >= 0.6 is 15.9 Å². The van der Waals surface area contributed by atoms with Crippen LogP contribution in [0.4, 0.5) is 0 Å². The van der Waals surface area contributed by atoms with E-state index in [1.807, 2.05) is 0 Å². The van der Waals surface area contributed by atoms with E-state index >= 15 is 0 Å². The number of ether oxygens (including phenoxy) is 2. The van der Waals surface area contributed by atoms with E-state index in [4.69, 9.17) is 15.2 Å². The van der Waals surface area contributed by atoms with Crippen molar-refractivity contribution < 1.29 is 14.3 Å². The molecule has 2 rings (SSSR count). The maximum atomic E-state index is 12.3. The molecule has 0 spiro atoms. The average Bonchev–Trinajstić information content (AvgIpc) is 2.28. The first-order chi connectivity index (χ1) is 8.13. The van der Waals surface area contributed by atoms with Crippen LogP contribution in [0.25, 0.3) is 0 Å². The van der Waals surface area contributed by atoms with E-state index in [0.29, 0.717) is 31.1 Å². The standard InChI is InChI=1S/C12H14BrNO3/c1-16-10-3-2-8(4-9(10)13)11(15)12(5-14)6-17-7-12/h2-4H,5-7,14H2,1H3. The van der Waals surface area contributed by atoms with E-state index in [0.717, 1.165) is 4.47 Å². The quantitative estimate of drug-likeness (QED) is 0.858. The van der Waals surface area contributed by atoms with Crippen molar-refractivity contribution in [2.75, 3.05) is 26.9 Å². The number of methoxy groups -OCH3 is 1. The number of hydrogen-bond donors (Lipinski definition) is 1. The molecule has 0 radical (unpaired) electrons. The topological polar surface area (TPSA) is 61.5 Å². The zero-order valence-corrected chi connectivity index (χ0v) is 11.1. The van der Waals surface area contributed by atoms with Gasteiger partial charge in [0.2, 0.25) is 0 Å². The summed E-state index contributed by atoms with van der Waals surface area (Å²) in [6, 6.07) is 5.28. The molecule has 4 nitrogen and oxygen atoms in total. The van der Waals surface area contributed by atoms with Crippen molar-refractivity contribution in [2.45, 2.75) is 0 Å². The van der Waals surface area contributed by atoms with Crippen molar-refractivity contribution in [3.63, 3.8) is 0 Å². The normalized spacial score (nSPS) is 17.4. The summed E-state index contributed by atoms with van der Waals surface area (Å²) in [6.45, 7) is 1.13. The molecule has 1 aliphatic rings. The molecule has 92 valence electrons. The first kappa shape index (κ1) is 12.5. The maximum absolute atomic E-state index is 12.3. The highest BCUT2D eigenvalue weighted by Gasteiger charge is 2.44. The predicted octanol–water partition coefficient (Wildman–Crippen LogP) is 1.62. The van der Waals surface area contributed by atoms with Gasteiger partial charge in [0.25, 0.3) is 0 Å². The summed E-state index contributed by atoms with van der Waals surface area (Å²) in [5.74, 6) is 0.739. The highest BCUT2D eigenvalue weighted by Crippen LogP contribution is 2.33. The van der Waals surface area contributed by atoms with Gasteiger partial charge in [-0.1, -0.05) is 0 Å². The largest absolute Gasteiger partial charge is 0.496 e. The van der Waals surface area contributed by atoms with E-state index in [1.165, 1.54) is 0 Å². The van der Waals surface area contributed by atoms with Gasteiger partial charge in [-0.2, -0.15) is 0 Å². The van der Waals surface area contributed by atoms with Crippen molar-refractivity contribution in [2.24, 2.45) is 11.1 Å². The Bertz CT molecular complexity index is 438. The molecule has 17 heavy (non-hydrogen) atoms. The number of Topliss-reactive ketones (excluding diaryl/α,β-unsaturated/α-hetero) is 1. The van der Waals surface area contributed by atoms with Gasteiger partial charge in [0, 0.05) is 12.1 Å². The summed E-state index contributed by atoms with van der Waals surface area (Å²) in [6.07, 6.45) is 0. The van der Waals surface area contributed by atoms with Gasteiger partial charge >= 0.3 is 0 Å². The van der Waals surface area contributed by atoms with Gasteiger partial charge in [0.1, 0.15) is 5.75 Å². The zero-order chi connectivity index (χ0) is 12.5. The monoisotopic (exact) mass is 299 g/mol. The van der Waals surface area contributed by atoms with Gasteiger partial charge in [0.05, 0.1) is 30.2 Å². The Labute approximate surface area is 108 Å². The number of carbonyl (C=O) groups excluding carboxylic acids is 1. The first-order valence-corrected chi connectivity index (χ1v) is 6.08. The van der Waals surface area contributed by atoms with Gasteiger partial charge < -0.3 is 15.2 Å². The van der Waals surface area contributed by atoms with Crippen molar-refractivity contribution in [3.8, 4) is 5.75 Å². The first-order valence-electron chi connectivity index (χ1n) is 5.29. The number of benzene rings is 1. The molecule has 1 aromatic rings. The molecular formula is C12H14BrNO3. The number of nitrogens with two attached hydrogens (primary N) is 1. The Kier molecular flexibility index (Phi) is 3.51. The Morgan fingerprint density at radius 2 is 2.29 bits per heavy atom. The lowest BCUT2D eigenvalue weighted by atomic mass is 9.78. The van der Waals surface area contributed by atoms with Crippen LogP contribution in [0.2, 0.25) is 0 Å². The molecular weight excluding hydrogens is 286 g/mol. The molecule has 1 fully saturated rings. The fraction of sp³-hybridized carbons (Fsp3) is 0.417. The van der Waals surface area contributed by atoms with Crippen LogP contribution in [-0.4, -0.2) is 32.7 Å². The molecule has 0 atom stereocenters. The number of ketones is 1. The third-order valence-electron chi connectivity index (χ3n) is 3.04. The second kappa shape index (κ2) is 4.76. The average molecular weight is 300 g/mol. The molecule has 0 aliphatic carbocycles. The zero-order valence-electron chi connectivity index (χ0n) is 9.53. The lowest BCUT2D eigenvalue weighted by Crippen LogP contribution is -2.54. The number of rotatable bonds is 4. The number of hydrogen-bond acceptors (Lipinski definition) is 4. The molecule has 1 heterocycles. The second-order valence-corrected chi connectivity index (χ2v) is 5.01. The van der Waals surface area contributed by atoms with Crippen LogP contribution in [0, 0.1) is 5.41 Å². The highest BCUT2D eigenvalue weighted by atomic mass is 79.9. The van der Waals surface area contributed by atoms with Crippen molar-refractivity contribution in [1.82, 2.24) is 0 Å². The van der Waals surface area contributed by atoms with Crippen LogP contribution < -0.4 is 10.5 Å². The van der Waals surface area contributed by atoms with Crippen LogP contribution in [0.1, 0.15) is 10.4 Å². The summed E-state index contributed by atoms with van der Waals surface area (Å²) in [5, 5.41) is 0. The number of halogens is 1. The van der Waals surface area contributed by atoms with Crippen LogP contribution in [0.5, 0.6) is 5.75 Å². The maximum Gasteiger partial charge on any atom is 0.174 e. The van der Waals surface area contributed by atoms with Crippen LogP contribution in [-0.2, 0) is 4.74 Å². The molecule has 2 N–H and O–H groups in total. The van der Waals surface area contributed by atoms with Gasteiger partial charge in [-0.25, -0.2) is 0 Å². The van der Waals surface area contributed by atoms with E-state index in [1.54, 1.807) is 25.3 Å². The fourth-order valence-corrected chi connectivity index (χ4v) is 2.34. The minimum absolute atomic E-state index is 0.0367. The molecule has 1 aliphatic heterocycles. The smallest absolute Gasteiger partial charge is 0.174 e. The Morgan fingerprint density at radius 3 is 2.71 bits per heavy atom. The highest BCUT2D eigenvalue weighted by molar-refractivity contribution is 9.10. The molecule has 0 saturated carbocycles. The minimum Gasteiger partial charge on any atom is -0.496 e. The number of carbonyl (C=O) groups is 1. The van der Waals surface area contributed by atoms with Crippen molar-refractivity contribution in [1.29, 1.82) is 0 Å². The molecule has 1 aromatic carbocycles. The third kappa shape index (κ3) is 2.10. The van der Waals surface area contributed by atoms with Crippen LogP contribution in [0.15, 0.2) is 22.7 Å². The van der Waals surface area contributed by atoms with E-state index < -0.39 is 5.41 Å². The van der Waals surface area contributed by atoms with Gasteiger partial charge in [-0.15, -0.1) is 0 Å². The van der Waals surface area contributed by atoms with Crippen molar-refractivity contribution >= 4 is 21.7 Å². The molecule has 0 unspecified atom stereocenters.